The van der Waals surface area contributed by atoms with Crippen molar-refractivity contribution in [2.45, 2.75) is 113 Å². The molecule has 2 aromatic rings. The molecule has 0 radical (unpaired) electrons. The minimum absolute atomic E-state index is 0.00716. The van der Waals surface area contributed by atoms with E-state index in [0.717, 1.165) is 13.8 Å². The number of amides is 7. The van der Waals surface area contributed by atoms with Crippen LogP contribution in [0.4, 0.5) is 0 Å². The van der Waals surface area contributed by atoms with E-state index >= 15 is 0 Å². The molecule has 0 spiro atoms. The van der Waals surface area contributed by atoms with E-state index in [0.29, 0.717) is 16.9 Å². The molecule has 10 atom stereocenters. The monoisotopic (exact) mass is 992 g/mol. The summed E-state index contributed by atoms with van der Waals surface area (Å²) in [6, 6.07) is 0.228. The number of phenolic OH excluding ortho intramolecular Hbond substituents is 1. The summed E-state index contributed by atoms with van der Waals surface area (Å²) >= 11 is 1.32. The van der Waals surface area contributed by atoms with Crippen LogP contribution in [-0.4, -0.2) is 174 Å². The van der Waals surface area contributed by atoms with Crippen LogP contribution in [-0.2, 0) is 60.8 Å². The number of phenols is 1. The Morgan fingerprint density at radius 2 is 1.00 bits per heavy atom. The van der Waals surface area contributed by atoms with Gasteiger partial charge in [0.2, 0.25) is 41.4 Å². The van der Waals surface area contributed by atoms with Crippen LogP contribution in [0, 0.1) is 0 Å². The van der Waals surface area contributed by atoms with Gasteiger partial charge >= 0.3 is 17.9 Å². The molecule has 0 aromatic heterocycles. The van der Waals surface area contributed by atoms with Crippen molar-refractivity contribution in [2.24, 2.45) is 5.73 Å². The van der Waals surface area contributed by atoms with E-state index in [1.54, 1.807) is 48.7 Å². The molecule has 0 fully saturated rings. The van der Waals surface area contributed by atoms with E-state index in [-0.39, 0.29) is 25.0 Å². The van der Waals surface area contributed by atoms with Gasteiger partial charge in [-0.15, -0.1) is 0 Å². The van der Waals surface area contributed by atoms with Gasteiger partial charge in [0.1, 0.15) is 48.0 Å². The zero-order valence-electron chi connectivity index (χ0n) is 37.8. The van der Waals surface area contributed by atoms with Gasteiger partial charge < -0.3 is 78.7 Å². The summed E-state index contributed by atoms with van der Waals surface area (Å²) in [6.07, 6.45) is -4.44. The lowest BCUT2D eigenvalue weighted by molar-refractivity contribution is -0.144. The fraction of sp³-hybridized carbons (Fsp3) is 0.488. The van der Waals surface area contributed by atoms with Crippen molar-refractivity contribution in [3.05, 3.63) is 65.7 Å². The second kappa shape index (κ2) is 29.1. The summed E-state index contributed by atoms with van der Waals surface area (Å²) < 4.78 is 0. The van der Waals surface area contributed by atoms with Crippen LogP contribution >= 0.6 is 11.8 Å². The molecule has 2 rings (SSSR count). The maximum absolute atomic E-state index is 13.8. The predicted octanol–water partition coefficient (Wildman–Crippen LogP) is -4.17. The molecule has 0 unspecified atom stereocenters. The first-order chi connectivity index (χ1) is 32.5. The molecule has 0 bridgehead atoms. The second-order valence-corrected chi connectivity index (χ2v) is 16.7. The number of aliphatic carboxylic acids is 3. The molecule has 26 heteroatoms. The van der Waals surface area contributed by atoms with E-state index in [4.69, 9.17) is 5.73 Å². The standard InChI is InChI=1S/C43H60N8O17S/c1-21(53)34(50-38(62)28(15-16-69-3)45-36(60)26(44)17-24-9-11-25(55)12-10-24)42(66)48-30(19-33(58)59)40(64)51-35(22(2)54)41(65)47-29(18-23-7-5-4-6-8-23)39(63)46-27(13-14-32(56)57)37(61)49-31(20-52)43(67)68/h4-12,21-22,26-31,34-35,52-55H,13-20,44H2,1-3H3,(H,45,60)(H,46,63)(H,47,65)(H,48,66)(H,49,61)(H,50,62)(H,51,64)(H,56,57)(H,58,59)(H,67,68)/t21-,22-,26+,27+,28+,29+,30+,31+,34+,35+/m1/s1. The lowest BCUT2D eigenvalue weighted by Crippen LogP contribution is -2.63. The number of carbonyl (C=O) groups is 10. The molecule has 25 nitrogen and oxygen atoms in total. The number of carboxylic acids is 3. The van der Waals surface area contributed by atoms with Crippen molar-refractivity contribution >= 4 is 71.0 Å². The summed E-state index contributed by atoms with van der Waals surface area (Å²) in [6.45, 7) is 1.08. The van der Waals surface area contributed by atoms with Crippen LogP contribution in [0.15, 0.2) is 54.6 Å². The van der Waals surface area contributed by atoms with E-state index in [9.17, 15) is 83.7 Å². The van der Waals surface area contributed by atoms with Crippen LogP contribution in [0.25, 0.3) is 0 Å². The zero-order valence-corrected chi connectivity index (χ0v) is 38.6. The number of aliphatic hydroxyl groups excluding tert-OH is 3. The number of thioether (sulfide) groups is 1. The summed E-state index contributed by atoms with van der Waals surface area (Å²) in [7, 11) is 0. The highest BCUT2D eigenvalue weighted by Gasteiger charge is 2.37. The van der Waals surface area contributed by atoms with Gasteiger partial charge in [0, 0.05) is 12.8 Å². The van der Waals surface area contributed by atoms with Gasteiger partial charge in [0.15, 0.2) is 0 Å². The minimum Gasteiger partial charge on any atom is -0.508 e. The van der Waals surface area contributed by atoms with Crippen molar-refractivity contribution in [1.29, 1.82) is 0 Å². The molecule has 69 heavy (non-hydrogen) atoms. The number of nitrogens with two attached hydrogens (primary N) is 1. The molecule has 380 valence electrons. The third-order valence-corrected chi connectivity index (χ3v) is 10.7. The lowest BCUT2D eigenvalue weighted by atomic mass is 10.0. The highest BCUT2D eigenvalue weighted by atomic mass is 32.2. The molecule has 0 aliphatic heterocycles. The number of benzene rings is 2. The molecule has 16 N–H and O–H groups in total. The predicted molar refractivity (Wildman–Crippen MR) is 244 cm³/mol. The Hall–Kier alpha value is -6.87. The topological polar surface area (TPSA) is 423 Å². The number of rotatable bonds is 30. The first kappa shape index (κ1) is 58.3. The third-order valence-electron chi connectivity index (χ3n) is 10.1. The number of carbonyl (C=O) groups excluding carboxylic acids is 7. The van der Waals surface area contributed by atoms with Crippen LogP contribution in [0.1, 0.15) is 50.7 Å². The van der Waals surface area contributed by atoms with Gasteiger partial charge in [0.05, 0.1) is 31.3 Å². The van der Waals surface area contributed by atoms with Gasteiger partial charge in [-0.2, -0.15) is 11.8 Å². The fourth-order valence-electron chi connectivity index (χ4n) is 6.31. The second-order valence-electron chi connectivity index (χ2n) is 15.8. The van der Waals surface area contributed by atoms with Gasteiger partial charge in [0.25, 0.3) is 0 Å². The smallest absolute Gasteiger partial charge is 0.328 e. The van der Waals surface area contributed by atoms with Gasteiger partial charge in [-0.1, -0.05) is 42.5 Å². The van der Waals surface area contributed by atoms with E-state index in [1.165, 1.54) is 23.9 Å². The lowest BCUT2D eigenvalue weighted by Gasteiger charge is -2.29. The molecule has 7 amide bonds. The van der Waals surface area contributed by atoms with Crippen molar-refractivity contribution < 1.29 is 83.7 Å². The van der Waals surface area contributed by atoms with E-state index in [2.05, 4.69) is 31.9 Å². The number of hydrogen-bond donors (Lipinski definition) is 15. The average Bonchev–Trinajstić information content (AvgIpc) is 3.28. The molecular formula is C43H60N8O17S. The Bertz CT molecular complexity index is 2100. The Morgan fingerprint density at radius 3 is 1.49 bits per heavy atom. The number of aliphatic hydroxyl groups is 3. The van der Waals surface area contributed by atoms with Crippen molar-refractivity contribution in [2.75, 3.05) is 18.6 Å². The average molecular weight is 993 g/mol. The SMILES string of the molecule is CSCC[C@H](NC(=O)[C@@H](N)Cc1ccc(O)cc1)C(=O)N[C@H](C(=O)N[C@@H](CC(=O)O)C(=O)N[C@H](C(=O)N[C@@H](Cc1ccccc1)C(=O)N[C@@H](CCC(=O)O)C(=O)N[C@@H](CO)C(=O)O)[C@@H](C)O)[C@@H](C)O. The first-order valence-corrected chi connectivity index (χ1v) is 22.7. The van der Waals surface area contributed by atoms with Crippen LogP contribution in [0.3, 0.4) is 0 Å². The highest BCUT2D eigenvalue weighted by Crippen LogP contribution is 2.12. The molecule has 0 heterocycles. The Labute approximate surface area is 399 Å². The normalized spacial score (nSPS) is 15.3. The Morgan fingerprint density at radius 1 is 0.551 bits per heavy atom. The van der Waals surface area contributed by atoms with E-state index < -0.39 is 146 Å². The molecular weight excluding hydrogens is 933 g/mol. The minimum atomic E-state index is -2.04. The number of aromatic hydroxyl groups is 1. The molecule has 0 aliphatic rings. The summed E-state index contributed by atoms with van der Waals surface area (Å²) in [5, 5.41) is 84.0. The Balaban J connectivity index is 2.34. The fourth-order valence-corrected chi connectivity index (χ4v) is 6.78. The summed E-state index contributed by atoms with van der Waals surface area (Å²) in [5.41, 5.74) is 7.11. The van der Waals surface area contributed by atoms with Gasteiger partial charge in [-0.05, 0) is 68.4 Å². The maximum atomic E-state index is 13.8. The molecule has 0 saturated heterocycles. The van der Waals surface area contributed by atoms with Crippen LogP contribution in [0.5, 0.6) is 5.75 Å². The molecule has 2 aromatic carbocycles. The zero-order chi connectivity index (χ0) is 52.0. The van der Waals surface area contributed by atoms with E-state index in [1.807, 2.05) is 5.32 Å². The van der Waals surface area contributed by atoms with Gasteiger partial charge in [-0.3, -0.25) is 43.2 Å². The largest absolute Gasteiger partial charge is 0.508 e. The maximum Gasteiger partial charge on any atom is 0.328 e. The number of nitrogens with one attached hydrogen (secondary N) is 7. The van der Waals surface area contributed by atoms with Crippen molar-refractivity contribution in [3.63, 3.8) is 0 Å². The quantitative estimate of drug-likeness (QED) is 0.0353. The number of hydrogen-bond acceptors (Lipinski definition) is 16. The van der Waals surface area contributed by atoms with Crippen molar-refractivity contribution in [1.82, 2.24) is 37.2 Å². The van der Waals surface area contributed by atoms with Gasteiger partial charge in [-0.25, -0.2) is 4.79 Å². The molecule has 0 aliphatic carbocycles. The summed E-state index contributed by atoms with van der Waals surface area (Å²) in [4.78, 5) is 129. The van der Waals surface area contributed by atoms with Crippen LogP contribution in [0.2, 0.25) is 0 Å². The number of carboxylic acid groups (broad SMARTS) is 3. The third kappa shape index (κ3) is 20.5. The highest BCUT2D eigenvalue weighted by molar-refractivity contribution is 7.98. The first-order valence-electron chi connectivity index (χ1n) is 21.3. The Kier molecular flexibility index (Phi) is 24.6. The molecule has 0 saturated carbocycles. The van der Waals surface area contributed by atoms with Crippen molar-refractivity contribution in [3.8, 4) is 5.75 Å². The summed E-state index contributed by atoms with van der Waals surface area (Å²) in [5.74, 6) is -12.3. The van der Waals surface area contributed by atoms with Crippen LogP contribution < -0.4 is 43.0 Å².